The van der Waals surface area contributed by atoms with Gasteiger partial charge in [-0.15, -0.1) is 11.3 Å². The second kappa shape index (κ2) is 9.01. The van der Waals surface area contributed by atoms with Crippen molar-refractivity contribution in [3.8, 4) is 0 Å². The fourth-order valence-corrected chi connectivity index (χ4v) is 3.74. The number of nitrogens with one attached hydrogen (secondary N) is 1. The van der Waals surface area contributed by atoms with Crippen LogP contribution in [0.1, 0.15) is 56.9 Å². The Kier molecular flexibility index (Phi) is 6.98. The lowest BCUT2D eigenvalue weighted by Crippen LogP contribution is -2.19. The van der Waals surface area contributed by atoms with E-state index in [0.717, 1.165) is 11.3 Å². The van der Waals surface area contributed by atoms with Crippen molar-refractivity contribution in [3.05, 3.63) is 32.9 Å². The normalized spacial score (nSPS) is 10.6. The van der Waals surface area contributed by atoms with E-state index >= 15 is 0 Å². The highest BCUT2D eigenvalue weighted by Gasteiger charge is 2.28. The first-order chi connectivity index (χ1) is 12.8. The maximum absolute atomic E-state index is 12.7. The van der Waals surface area contributed by atoms with Crippen molar-refractivity contribution in [2.75, 3.05) is 18.5 Å². The Hall–Kier alpha value is -2.39. The third-order valence-corrected chi connectivity index (χ3v) is 5.09. The number of hydrogen-bond acceptors (Lipinski definition) is 7. The number of rotatable bonds is 7. The molecule has 2 aromatic heterocycles. The molecule has 0 aliphatic heterocycles. The van der Waals surface area contributed by atoms with E-state index in [1.54, 1.807) is 20.8 Å². The highest BCUT2D eigenvalue weighted by Crippen LogP contribution is 2.35. The summed E-state index contributed by atoms with van der Waals surface area (Å²) in [7, 11) is 0. The number of esters is 2. The van der Waals surface area contributed by atoms with Crippen LogP contribution >= 0.6 is 22.9 Å². The van der Waals surface area contributed by atoms with Crippen LogP contribution in [-0.4, -0.2) is 40.8 Å². The van der Waals surface area contributed by atoms with E-state index in [-0.39, 0.29) is 39.4 Å². The van der Waals surface area contributed by atoms with Gasteiger partial charge in [0.25, 0.3) is 5.91 Å². The molecule has 0 saturated heterocycles. The lowest BCUT2D eigenvalue weighted by molar-refractivity contribution is 0.0527. The molecule has 0 aliphatic rings. The minimum absolute atomic E-state index is 0.122. The number of aromatic nitrogens is 2. The van der Waals surface area contributed by atoms with Crippen LogP contribution in [0.25, 0.3) is 0 Å². The molecule has 0 aromatic carbocycles. The number of carbonyl (C=O) groups is 3. The molecule has 146 valence electrons. The number of nitrogens with zero attached hydrogens (tertiary/aromatic N) is 2. The Morgan fingerprint density at radius 2 is 1.81 bits per heavy atom. The van der Waals surface area contributed by atoms with Crippen LogP contribution in [0.15, 0.2) is 6.20 Å². The van der Waals surface area contributed by atoms with Gasteiger partial charge < -0.3 is 14.8 Å². The number of carbonyl (C=O) groups excluding carboxylic acids is 3. The van der Waals surface area contributed by atoms with Gasteiger partial charge in [-0.05, 0) is 33.3 Å². The van der Waals surface area contributed by atoms with Crippen molar-refractivity contribution in [1.82, 2.24) is 9.78 Å². The van der Waals surface area contributed by atoms with Gasteiger partial charge in [0, 0.05) is 6.54 Å². The zero-order valence-electron chi connectivity index (χ0n) is 15.4. The molecule has 2 aromatic rings. The minimum Gasteiger partial charge on any atom is -0.462 e. The molecule has 0 aliphatic carbocycles. The quantitative estimate of drug-likeness (QED) is 0.697. The monoisotopic (exact) mass is 413 g/mol. The molecule has 0 saturated carbocycles. The summed E-state index contributed by atoms with van der Waals surface area (Å²) in [6, 6.07) is 0. The first-order valence-corrected chi connectivity index (χ1v) is 9.55. The molecule has 0 atom stereocenters. The summed E-state index contributed by atoms with van der Waals surface area (Å²) in [6.45, 7) is 7.57. The highest BCUT2D eigenvalue weighted by molar-refractivity contribution is 7.18. The average molecular weight is 414 g/mol. The van der Waals surface area contributed by atoms with Crippen molar-refractivity contribution in [1.29, 1.82) is 0 Å². The molecule has 1 N–H and O–H groups in total. The van der Waals surface area contributed by atoms with Crippen molar-refractivity contribution in [3.63, 3.8) is 0 Å². The number of thiophene rings is 1. The van der Waals surface area contributed by atoms with Crippen molar-refractivity contribution >= 4 is 45.8 Å². The average Bonchev–Trinajstić information content (AvgIpc) is 3.15. The number of amides is 1. The third-order valence-electron chi connectivity index (χ3n) is 3.62. The van der Waals surface area contributed by atoms with Gasteiger partial charge in [0.2, 0.25) is 0 Å². The molecule has 1 amide bonds. The van der Waals surface area contributed by atoms with Crippen molar-refractivity contribution < 1.29 is 23.9 Å². The molecular formula is C17H20ClN3O5S. The van der Waals surface area contributed by atoms with Gasteiger partial charge >= 0.3 is 11.9 Å². The summed E-state index contributed by atoms with van der Waals surface area (Å²) in [6.07, 6.45) is 1.37. The van der Waals surface area contributed by atoms with Gasteiger partial charge in [-0.3, -0.25) is 9.48 Å². The van der Waals surface area contributed by atoms with E-state index < -0.39 is 17.8 Å². The Labute approximate surface area is 165 Å². The van der Waals surface area contributed by atoms with Gasteiger partial charge in [-0.2, -0.15) is 5.10 Å². The number of hydrogen-bond donors (Lipinski definition) is 1. The van der Waals surface area contributed by atoms with Crippen LogP contribution in [-0.2, 0) is 16.0 Å². The lowest BCUT2D eigenvalue weighted by Gasteiger charge is -2.08. The van der Waals surface area contributed by atoms with Crippen LogP contribution in [0, 0.1) is 6.92 Å². The molecule has 2 heterocycles. The third kappa shape index (κ3) is 4.30. The second-order valence-electron chi connectivity index (χ2n) is 5.31. The van der Waals surface area contributed by atoms with Gasteiger partial charge in [-0.25, -0.2) is 9.59 Å². The van der Waals surface area contributed by atoms with Crippen molar-refractivity contribution in [2.45, 2.75) is 34.2 Å². The van der Waals surface area contributed by atoms with E-state index in [4.69, 9.17) is 21.1 Å². The molecule has 0 fully saturated rings. The van der Waals surface area contributed by atoms with Crippen LogP contribution in [0.2, 0.25) is 5.02 Å². The molecule has 0 bridgehead atoms. The second-order valence-corrected chi connectivity index (χ2v) is 6.74. The summed E-state index contributed by atoms with van der Waals surface area (Å²) < 4.78 is 11.5. The first-order valence-electron chi connectivity index (χ1n) is 8.35. The number of anilines is 1. The van der Waals surface area contributed by atoms with Crippen LogP contribution in [0.3, 0.4) is 0 Å². The molecule has 27 heavy (non-hydrogen) atoms. The highest BCUT2D eigenvalue weighted by atomic mass is 35.5. The molecule has 0 unspecified atom stereocenters. The van der Waals surface area contributed by atoms with E-state index in [1.807, 2.05) is 6.92 Å². The van der Waals surface area contributed by atoms with E-state index in [2.05, 4.69) is 10.4 Å². The van der Waals surface area contributed by atoms with Gasteiger partial charge in [0.1, 0.15) is 15.6 Å². The van der Waals surface area contributed by atoms with Crippen LogP contribution in [0.4, 0.5) is 5.00 Å². The summed E-state index contributed by atoms with van der Waals surface area (Å²) in [5.41, 5.74) is 0.678. The zero-order chi connectivity index (χ0) is 20.1. The van der Waals surface area contributed by atoms with E-state index in [1.165, 1.54) is 10.9 Å². The van der Waals surface area contributed by atoms with Gasteiger partial charge in [-0.1, -0.05) is 11.6 Å². The summed E-state index contributed by atoms with van der Waals surface area (Å²) >= 11 is 7.01. The standard InChI is InChI=1S/C17H20ClN3O5S/c1-5-21-12(10(18)8-19-21)14(22)20-15-11(16(23)25-6-2)9(4)13(27-15)17(24)26-7-3/h8H,5-7H2,1-4H3,(H,20,22). The SMILES string of the molecule is CCOC(=O)c1sc(NC(=O)c2c(Cl)cnn2CC)c(C(=O)OCC)c1C. The molecule has 8 nitrogen and oxygen atoms in total. The van der Waals surface area contributed by atoms with Crippen molar-refractivity contribution in [2.24, 2.45) is 0 Å². The molecule has 2 rings (SSSR count). The molecule has 0 spiro atoms. The zero-order valence-corrected chi connectivity index (χ0v) is 17.0. The van der Waals surface area contributed by atoms with Gasteiger partial charge in [0.05, 0.1) is 30.0 Å². The summed E-state index contributed by atoms with van der Waals surface area (Å²) in [5.74, 6) is -1.74. The summed E-state index contributed by atoms with van der Waals surface area (Å²) in [4.78, 5) is 37.5. The Morgan fingerprint density at radius 3 is 2.41 bits per heavy atom. The topological polar surface area (TPSA) is 99.5 Å². The summed E-state index contributed by atoms with van der Waals surface area (Å²) in [5, 5.41) is 7.05. The molecule has 0 radical (unpaired) electrons. The predicted octanol–water partition coefficient (Wildman–Crippen LogP) is 3.53. The van der Waals surface area contributed by atoms with Crippen LogP contribution in [0.5, 0.6) is 0 Å². The first kappa shape index (κ1) is 20.9. The Morgan fingerprint density at radius 1 is 1.19 bits per heavy atom. The molecular weight excluding hydrogens is 394 g/mol. The number of aryl methyl sites for hydroxylation is 1. The number of halogens is 1. The smallest absolute Gasteiger partial charge is 0.348 e. The fraction of sp³-hybridized carbons (Fsp3) is 0.412. The molecule has 10 heteroatoms. The predicted molar refractivity (Wildman–Crippen MR) is 102 cm³/mol. The van der Waals surface area contributed by atoms with E-state index in [9.17, 15) is 14.4 Å². The lowest BCUT2D eigenvalue weighted by atomic mass is 10.1. The van der Waals surface area contributed by atoms with Crippen LogP contribution < -0.4 is 5.32 Å². The largest absolute Gasteiger partial charge is 0.462 e. The maximum Gasteiger partial charge on any atom is 0.348 e. The Balaban J connectivity index is 2.46. The maximum atomic E-state index is 12.7. The fourth-order valence-electron chi connectivity index (χ4n) is 2.43. The number of ether oxygens (including phenoxy) is 2. The van der Waals surface area contributed by atoms with E-state index in [0.29, 0.717) is 12.1 Å². The minimum atomic E-state index is -0.632. The Bertz CT molecular complexity index is 874. The van der Waals surface area contributed by atoms with Gasteiger partial charge in [0.15, 0.2) is 0 Å².